The van der Waals surface area contributed by atoms with E-state index >= 15 is 0 Å². The fraction of sp³-hybridized carbons (Fsp3) is 0.217. The second-order valence-corrected chi connectivity index (χ2v) is 8.52. The highest BCUT2D eigenvalue weighted by Gasteiger charge is 2.37. The number of aliphatic imine (C=N–C) groups is 1. The Balaban J connectivity index is 1.71. The Morgan fingerprint density at radius 2 is 1.91 bits per heavy atom. The fourth-order valence-corrected chi connectivity index (χ4v) is 4.64. The maximum absolute atomic E-state index is 12.0. The molecule has 0 bridgehead atoms. The number of aryl methyl sites for hydroxylation is 1. The quantitative estimate of drug-likeness (QED) is 0.381. The number of esters is 1. The summed E-state index contributed by atoms with van der Waals surface area (Å²) in [4.78, 5) is 21.7. The largest absolute Gasteiger partial charge is 0.465 e. The maximum atomic E-state index is 12.0. The minimum absolute atomic E-state index is 0.210. The highest BCUT2D eigenvalue weighted by atomic mass is 35.5. The average molecular weight is 468 g/mol. The predicted molar refractivity (Wildman–Crippen MR) is 124 cm³/mol. The van der Waals surface area contributed by atoms with E-state index in [0.717, 1.165) is 28.4 Å². The Kier molecular flexibility index (Phi) is 5.03. The van der Waals surface area contributed by atoms with E-state index < -0.39 is 5.97 Å². The van der Waals surface area contributed by atoms with Crippen molar-refractivity contribution in [1.82, 2.24) is 19.3 Å². The molecule has 5 rings (SSSR count). The molecule has 9 heteroatoms. The highest BCUT2D eigenvalue weighted by molar-refractivity contribution is 6.42. The maximum Gasteiger partial charge on any atom is 0.337 e. The Morgan fingerprint density at radius 1 is 1.09 bits per heavy atom. The number of imidazole rings is 1. The molecule has 2 aromatic heterocycles. The van der Waals surface area contributed by atoms with Crippen LogP contribution in [0.25, 0.3) is 11.0 Å². The molecule has 0 saturated carbocycles. The number of benzene rings is 2. The molecule has 162 valence electrons. The van der Waals surface area contributed by atoms with E-state index in [0.29, 0.717) is 21.1 Å². The number of ether oxygens (including phenoxy) is 1. The third-order valence-corrected chi connectivity index (χ3v) is 6.61. The zero-order valence-corrected chi connectivity index (χ0v) is 19.1. The Bertz CT molecular complexity index is 1400. The van der Waals surface area contributed by atoms with Gasteiger partial charge in [0.2, 0.25) is 0 Å². The van der Waals surface area contributed by atoms with Crippen molar-refractivity contribution in [2.45, 2.75) is 18.9 Å². The molecule has 1 aliphatic rings. The summed E-state index contributed by atoms with van der Waals surface area (Å²) in [5.74, 6) is 0.963. The molecule has 3 heterocycles. The van der Waals surface area contributed by atoms with Crippen LogP contribution >= 0.6 is 23.2 Å². The summed E-state index contributed by atoms with van der Waals surface area (Å²) < 4.78 is 8.77. The normalized spacial score (nSPS) is 17.8. The second-order valence-electron chi connectivity index (χ2n) is 7.71. The van der Waals surface area contributed by atoms with Crippen LogP contribution in [0.4, 0.5) is 5.82 Å². The molecule has 0 aliphatic carbocycles. The van der Waals surface area contributed by atoms with Gasteiger partial charge in [-0.1, -0.05) is 29.3 Å². The minimum atomic E-state index is -0.399. The number of halogens is 2. The van der Waals surface area contributed by atoms with Crippen LogP contribution in [0.2, 0.25) is 10.0 Å². The molecular formula is C23H19Cl2N5O2. The summed E-state index contributed by atoms with van der Waals surface area (Å²) >= 11 is 12.5. The van der Waals surface area contributed by atoms with Gasteiger partial charge < -0.3 is 9.30 Å². The number of aromatic nitrogens is 4. The fourth-order valence-electron chi connectivity index (χ4n) is 4.33. The van der Waals surface area contributed by atoms with Gasteiger partial charge in [-0.15, -0.1) is 0 Å². The number of carbonyl (C=O) groups excluding carboxylic acids is 1. The molecule has 0 N–H and O–H groups in total. The summed E-state index contributed by atoms with van der Waals surface area (Å²) in [6, 6.07) is 12.6. The van der Waals surface area contributed by atoms with Gasteiger partial charge >= 0.3 is 5.97 Å². The minimum Gasteiger partial charge on any atom is -0.465 e. The van der Waals surface area contributed by atoms with Gasteiger partial charge in [-0.05, 0) is 42.8 Å². The first-order valence-corrected chi connectivity index (χ1v) is 10.7. The molecule has 0 saturated heterocycles. The van der Waals surface area contributed by atoms with Crippen LogP contribution in [0.15, 0.2) is 53.7 Å². The zero-order valence-electron chi connectivity index (χ0n) is 17.6. The number of nitrogens with zero attached hydrogens (tertiary/aromatic N) is 5. The van der Waals surface area contributed by atoms with E-state index in [4.69, 9.17) is 37.9 Å². The van der Waals surface area contributed by atoms with Crippen LogP contribution in [-0.4, -0.2) is 38.1 Å². The molecule has 7 nitrogen and oxygen atoms in total. The SMILES string of the molecule is COC(=O)c1ccc2c(c1)nc(C1C(C)=Nc3ccnn3C1c1ccc(Cl)c(Cl)c1)n2C. The number of hydrogen-bond donors (Lipinski definition) is 0. The van der Waals surface area contributed by atoms with Crippen LogP contribution in [0.3, 0.4) is 0 Å². The van der Waals surface area contributed by atoms with Crippen LogP contribution in [0.1, 0.15) is 40.6 Å². The number of carbonyl (C=O) groups is 1. The molecule has 32 heavy (non-hydrogen) atoms. The van der Waals surface area contributed by atoms with Gasteiger partial charge in [-0.2, -0.15) is 5.10 Å². The van der Waals surface area contributed by atoms with Crippen molar-refractivity contribution in [3.05, 3.63) is 75.7 Å². The van der Waals surface area contributed by atoms with Crippen molar-refractivity contribution >= 4 is 51.7 Å². The molecule has 4 aromatic rings. The van der Waals surface area contributed by atoms with Crippen LogP contribution < -0.4 is 0 Å². The smallest absolute Gasteiger partial charge is 0.337 e. The summed E-state index contributed by atoms with van der Waals surface area (Å²) in [5, 5.41) is 5.51. The van der Waals surface area contributed by atoms with Crippen LogP contribution in [-0.2, 0) is 11.8 Å². The highest BCUT2D eigenvalue weighted by Crippen LogP contribution is 2.43. The van der Waals surface area contributed by atoms with E-state index in [9.17, 15) is 4.79 Å². The Hall–Kier alpha value is -3.16. The van der Waals surface area contributed by atoms with Crippen LogP contribution in [0, 0.1) is 0 Å². The number of rotatable bonds is 3. The van der Waals surface area contributed by atoms with Gasteiger partial charge in [0.25, 0.3) is 0 Å². The first kappa shape index (κ1) is 20.7. The third-order valence-electron chi connectivity index (χ3n) is 5.87. The lowest BCUT2D eigenvalue weighted by atomic mass is 9.87. The van der Waals surface area contributed by atoms with Gasteiger partial charge in [0.15, 0.2) is 5.82 Å². The van der Waals surface area contributed by atoms with Crippen molar-refractivity contribution in [3.8, 4) is 0 Å². The molecule has 1 aliphatic heterocycles. The first-order chi connectivity index (χ1) is 15.4. The van der Waals surface area contributed by atoms with Gasteiger partial charge in [0.1, 0.15) is 5.82 Å². The lowest BCUT2D eigenvalue weighted by Gasteiger charge is -2.32. The monoisotopic (exact) mass is 467 g/mol. The second kappa shape index (κ2) is 7.76. The topological polar surface area (TPSA) is 74.3 Å². The van der Waals surface area contributed by atoms with Gasteiger partial charge in [0, 0.05) is 18.8 Å². The van der Waals surface area contributed by atoms with Crippen molar-refractivity contribution in [2.24, 2.45) is 12.0 Å². The van der Waals surface area contributed by atoms with Gasteiger partial charge in [-0.25, -0.2) is 19.5 Å². The lowest BCUT2D eigenvalue weighted by molar-refractivity contribution is 0.0601. The van der Waals surface area contributed by atoms with E-state index in [-0.39, 0.29) is 12.0 Å². The number of fused-ring (bicyclic) bond motifs is 2. The predicted octanol–water partition coefficient (Wildman–Crippen LogP) is 5.34. The standard InChI is InChI=1S/C23H19Cl2N5O2/c1-12-20(22-28-17-11-14(23(31)32-3)5-7-18(17)29(22)2)21(30-19(27-12)8-9-26-30)13-4-6-15(24)16(25)10-13/h4-11,20-21H,1-3H3. The molecule has 2 aromatic carbocycles. The van der Waals surface area contributed by atoms with E-state index in [2.05, 4.69) is 5.10 Å². The van der Waals surface area contributed by atoms with Crippen molar-refractivity contribution in [1.29, 1.82) is 0 Å². The van der Waals surface area contributed by atoms with Crippen LogP contribution in [0.5, 0.6) is 0 Å². The van der Waals surface area contributed by atoms with Crippen molar-refractivity contribution in [2.75, 3.05) is 7.11 Å². The molecule has 2 atom stereocenters. The molecule has 0 spiro atoms. The first-order valence-electron chi connectivity index (χ1n) is 9.97. The summed E-state index contributed by atoms with van der Waals surface area (Å²) in [6.45, 7) is 1.99. The Morgan fingerprint density at radius 3 is 2.66 bits per heavy atom. The van der Waals surface area contributed by atoms with E-state index in [1.54, 1.807) is 24.4 Å². The summed E-state index contributed by atoms with van der Waals surface area (Å²) in [5.41, 5.74) is 3.91. The van der Waals surface area contributed by atoms with Gasteiger partial charge in [-0.3, -0.25) is 0 Å². The van der Waals surface area contributed by atoms with Gasteiger partial charge in [0.05, 0.1) is 51.9 Å². The molecular weight excluding hydrogens is 449 g/mol. The van der Waals surface area contributed by atoms with Crippen molar-refractivity contribution in [3.63, 3.8) is 0 Å². The molecule has 0 radical (unpaired) electrons. The molecule has 0 fully saturated rings. The number of methoxy groups -OCH3 is 1. The zero-order chi connectivity index (χ0) is 22.6. The molecule has 2 unspecified atom stereocenters. The average Bonchev–Trinajstić information content (AvgIpc) is 3.38. The Labute approximate surface area is 194 Å². The third kappa shape index (κ3) is 3.20. The molecule has 0 amide bonds. The number of hydrogen-bond acceptors (Lipinski definition) is 5. The van der Waals surface area contributed by atoms with E-state index in [1.165, 1.54) is 7.11 Å². The summed E-state index contributed by atoms with van der Waals surface area (Å²) in [7, 11) is 3.32. The van der Waals surface area contributed by atoms with E-state index in [1.807, 2.05) is 47.5 Å². The lowest BCUT2D eigenvalue weighted by Crippen LogP contribution is -2.30. The summed E-state index contributed by atoms with van der Waals surface area (Å²) in [6.07, 6.45) is 1.73. The van der Waals surface area contributed by atoms with Crippen molar-refractivity contribution < 1.29 is 9.53 Å².